The zero-order chi connectivity index (χ0) is 17.6. The molecule has 0 bridgehead atoms. The van der Waals surface area contributed by atoms with Crippen LogP contribution in [0.4, 0.5) is 0 Å². The van der Waals surface area contributed by atoms with E-state index in [1.807, 2.05) is 24.3 Å². The molecule has 0 unspecified atom stereocenters. The Kier molecular flexibility index (Phi) is 6.75. The zero-order valence-corrected chi connectivity index (χ0v) is 13.6. The highest BCUT2D eigenvalue weighted by Gasteiger charge is 2.39. The van der Waals surface area contributed by atoms with Gasteiger partial charge in [-0.25, -0.2) is 9.59 Å². The van der Waals surface area contributed by atoms with E-state index in [0.29, 0.717) is 17.2 Å². The summed E-state index contributed by atoms with van der Waals surface area (Å²) in [6.07, 6.45) is 1.64. The quantitative estimate of drug-likeness (QED) is 0.626. The monoisotopic (exact) mass is 341 g/mol. The van der Waals surface area contributed by atoms with Crippen LogP contribution in [-0.2, 0) is 9.59 Å². The Balaban J connectivity index is 0.000000284. The molecule has 1 aliphatic rings. The molecule has 0 spiro atoms. The molecule has 7 heteroatoms. The van der Waals surface area contributed by atoms with Crippen molar-refractivity contribution in [3.63, 3.8) is 0 Å². The third-order valence-corrected chi connectivity index (χ3v) is 3.48. The molecule has 0 radical (unpaired) electrons. The zero-order valence-electron chi connectivity index (χ0n) is 12.9. The Morgan fingerprint density at radius 3 is 2.22 bits per heavy atom. The number of aliphatic carboxylic acids is 2. The highest BCUT2D eigenvalue weighted by Crippen LogP contribution is 2.32. The second-order valence-corrected chi connectivity index (χ2v) is 6.28. The van der Waals surface area contributed by atoms with E-state index in [1.165, 1.54) is 0 Å². The summed E-state index contributed by atoms with van der Waals surface area (Å²) in [6, 6.07) is 7.56. The predicted molar refractivity (Wildman–Crippen MR) is 86.4 cm³/mol. The lowest BCUT2D eigenvalue weighted by molar-refractivity contribution is -0.134. The predicted octanol–water partition coefficient (Wildman–Crippen LogP) is 2.23. The molecule has 6 nitrogen and oxygen atoms in total. The molecule has 23 heavy (non-hydrogen) atoms. The van der Waals surface area contributed by atoms with Gasteiger partial charge in [0, 0.05) is 28.8 Å². The van der Waals surface area contributed by atoms with Crippen LogP contribution < -0.4 is 5.32 Å². The number of benzene rings is 1. The highest BCUT2D eigenvalue weighted by atomic mass is 35.5. The Morgan fingerprint density at radius 2 is 1.83 bits per heavy atom. The summed E-state index contributed by atoms with van der Waals surface area (Å²) in [5, 5.41) is 29.7. The van der Waals surface area contributed by atoms with Gasteiger partial charge in [-0.05, 0) is 38.0 Å². The van der Waals surface area contributed by atoms with Gasteiger partial charge in [-0.15, -0.1) is 0 Å². The molecule has 2 rings (SSSR count). The van der Waals surface area contributed by atoms with Crippen molar-refractivity contribution in [3.05, 3.63) is 47.0 Å². The molecular weight excluding hydrogens is 322 g/mol. The van der Waals surface area contributed by atoms with Crippen LogP contribution in [0.15, 0.2) is 36.4 Å². The molecule has 0 aromatic heterocycles. The third-order valence-electron chi connectivity index (χ3n) is 3.25. The van der Waals surface area contributed by atoms with E-state index >= 15 is 0 Å². The number of nitrogens with one attached hydrogen (secondary N) is 1. The van der Waals surface area contributed by atoms with E-state index in [4.69, 9.17) is 21.8 Å². The van der Waals surface area contributed by atoms with Gasteiger partial charge in [-0.1, -0.05) is 23.7 Å². The molecule has 126 valence electrons. The number of aliphatic hydroxyl groups excluding tert-OH is 1. The second-order valence-electron chi connectivity index (χ2n) is 5.85. The number of rotatable bonds is 4. The van der Waals surface area contributed by atoms with Crippen LogP contribution in [-0.4, -0.2) is 38.8 Å². The smallest absolute Gasteiger partial charge is 0.328 e. The fourth-order valence-electron chi connectivity index (χ4n) is 2.29. The maximum Gasteiger partial charge on any atom is 0.328 e. The molecule has 4 N–H and O–H groups in total. The van der Waals surface area contributed by atoms with Gasteiger partial charge in [-0.3, -0.25) is 0 Å². The summed E-state index contributed by atoms with van der Waals surface area (Å²) in [4.78, 5) is 19.1. The number of carboxylic acid groups (broad SMARTS) is 2. The molecule has 1 saturated heterocycles. The molecular formula is C16H20ClNO5. The van der Waals surface area contributed by atoms with Crippen molar-refractivity contribution >= 4 is 23.5 Å². The fourth-order valence-corrected chi connectivity index (χ4v) is 2.49. The maximum atomic E-state index is 10.1. The van der Waals surface area contributed by atoms with Gasteiger partial charge in [-0.2, -0.15) is 0 Å². The third kappa shape index (κ3) is 6.81. The van der Waals surface area contributed by atoms with Crippen molar-refractivity contribution in [3.8, 4) is 0 Å². The van der Waals surface area contributed by atoms with Crippen LogP contribution in [0.2, 0.25) is 5.02 Å². The van der Waals surface area contributed by atoms with Crippen LogP contribution in [0.3, 0.4) is 0 Å². The van der Waals surface area contributed by atoms with E-state index in [1.54, 1.807) is 0 Å². The van der Waals surface area contributed by atoms with E-state index in [-0.39, 0.29) is 11.6 Å². The Hall–Kier alpha value is -1.89. The second kappa shape index (κ2) is 8.10. The summed E-state index contributed by atoms with van der Waals surface area (Å²) in [7, 11) is 0. The van der Waals surface area contributed by atoms with Gasteiger partial charge in [0.1, 0.15) is 0 Å². The largest absolute Gasteiger partial charge is 0.478 e. The SMILES string of the molecule is CC1(C)C[C@H]([C@@H](O)c2cccc(Cl)c2)N1.O=C(O)/C=C\C(=O)O. The van der Waals surface area contributed by atoms with Crippen molar-refractivity contribution in [2.24, 2.45) is 0 Å². The van der Waals surface area contributed by atoms with Crippen LogP contribution in [0, 0.1) is 0 Å². The van der Waals surface area contributed by atoms with Gasteiger partial charge in [0.2, 0.25) is 0 Å². The number of aliphatic hydroxyl groups is 1. The summed E-state index contributed by atoms with van der Waals surface area (Å²) in [5.41, 5.74) is 1.04. The molecule has 1 heterocycles. The molecule has 1 aromatic rings. The van der Waals surface area contributed by atoms with Crippen molar-refractivity contribution in [2.45, 2.75) is 38.0 Å². The van der Waals surface area contributed by atoms with Gasteiger partial charge in [0.05, 0.1) is 6.10 Å². The summed E-state index contributed by atoms with van der Waals surface area (Å²) in [6.45, 7) is 4.27. The van der Waals surface area contributed by atoms with Gasteiger partial charge < -0.3 is 20.6 Å². The Morgan fingerprint density at radius 1 is 1.30 bits per heavy atom. The minimum atomic E-state index is -1.26. The average molecular weight is 342 g/mol. The minimum absolute atomic E-state index is 0.151. The number of carbonyl (C=O) groups is 2. The van der Waals surface area contributed by atoms with Crippen molar-refractivity contribution < 1.29 is 24.9 Å². The van der Waals surface area contributed by atoms with Crippen LogP contribution in [0.1, 0.15) is 31.9 Å². The number of hydrogen-bond acceptors (Lipinski definition) is 4. The van der Waals surface area contributed by atoms with Gasteiger partial charge in [0.25, 0.3) is 0 Å². The fraction of sp³-hybridized carbons (Fsp3) is 0.375. The first kappa shape index (κ1) is 19.2. The van der Waals surface area contributed by atoms with Gasteiger partial charge in [0.15, 0.2) is 0 Å². The minimum Gasteiger partial charge on any atom is -0.478 e. The van der Waals surface area contributed by atoms with Gasteiger partial charge >= 0.3 is 11.9 Å². The number of halogens is 1. The Labute approximate surface area is 139 Å². The first-order chi connectivity index (χ1) is 10.6. The lowest BCUT2D eigenvalue weighted by atomic mass is 9.81. The molecule has 0 aliphatic carbocycles. The lowest BCUT2D eigenvalue weighted by Gasteiger charge is -2.46. The standard InChI is InChI=1S/C12H16ClNO.C4H4O4/c1-12(2)7-10(14-12)11(15)8-4-3-5-9(13)6-8;5-3(6)1-2-4(7)8/h3-6,10-11,14-15H,7H2,1-2H3;1-2H,(H,5,6)(H,7,8)/b;2-1-/t10-,11+;/m1./s1. The van der Waals surface area contributed by atoms with Crippen LogP contribution >= 0.6 is 11.6 Å². The highest BCUT2D eigenvalue weighted by molar-refractivity contribution is 6.30. The van der Waals surface area contributed by atoms with Crippen molar-refractivity contribution in [1.29, 1.82) is 0 Å². The topological polar surface area (TPSA) is 107 Å². The normalized spacial score (nSPS) is 20.1. The van der Waals surface area contributed by atoms with E-state index in [2.05, 4.69) is 19.2 Å². The molecule has 0 amide bonds. The van der Waals surface area contributed by atoms with E-state index < -0.39 is 18.0 Å². The van der Waals surface area contributed by atoms with E-state index in [9.17, 15) is 14.7 Å². The molecule has 1 aliphatic heterocycles. The van der Waals surface area contributed by atoms with E-state index in [0.717, 1.165) is 12.0 Å². The number of hydrogen-bond donors (Lipinski definition) is 4. The number of carboxylic acids is 2. The molecule has 1 aromatic carbocycles. The summed E-state index contributed by atoms with van der Waals surface area (Å²) >= 11 is 5.88. The molecule has 2 atom stereocenters. The summed E-state index contributed by atoms with van der Waals surface area (Å²) in [5.74, 6) is -2.51. The average Bonchev–Trinajstić information content (AvgIpc) is 2.42. The Bertz CT molecular complexity index is 576. The first-order valence-electron chi connectivity index (χ1n) is 6.96. The van der Waals surface area contributed by atoms with Crippen molar-refractivity contribution in [1.82, 2.24) is 5.32 Å². The van der Waals surface area contributed by atoms with Crippen LogP contribution in [0.25, 0.3) is 0 Å². The van der Waals surface area contributed by atoms with Crippen molar-refractivity contribution in [2.75, 3.05) is 0 Å². The first-order valence-corrected chi connectivity index (χ1v) is 7.34. The van der Waals surface area contributed by atoms with Crippen LogP contribution in [0.5, 0.6) is 0 Å². The molecule has 0 saturated carbocycles. The molecule has 1 fully saturated rings. The summed E-state index contributed by atoms with van der Waals surface area (Å²) < 4.78 is 0. The maximum absolute atomic E-state index is 10.1. The lowest BCUT2D eigenvalue weighted by Crippen LogP contribution is -2.61.